The summed E-state index contributed by atoms with van der Waals surface area (Å²) in [5.74, 6) is -3.36. The molecule has 5 rings (SSSR count). The lowest BCUT2D eigenvalue weighted by atomic mass is 9.86. The zero-order valence-electron chi connectivity index (χ0n) is 14.8. The van der Waals surface area contributed by atoms with Crippen molar-refractivity contribution >= 4 is 61.0 Å². The van der Waals surface area contributed by atoms with E-state index in [1.165, 1.54) is 12.1 Å². The second-order valence-corrected chi connectivity index (χ2v) is 6.95. The van der Waals surface area contributed by atoms with Crippen LogP contribution < -0.4 is 0 Å². The number of carbonyl (C=O) groups is 3. The van der Waals surface area contributed by atoms with Gasteiger partial charge in [0.15, 0.2) is 0 Å². The molecule has 0 aliphatic heterocycles. The van der Waals surface area contributed by atoms with Crippen LogP contribution in [0.1, 0.15) is 31.1 Å². The topological polar surface area (TPSA) is 112 Å². The summed E-state index contributed by atoms with van der Waals surface area (Å²) in [5, 5.41) is 33.9. The molecule has 0 fully saturated rings. The number of aromatic carboxylic acids is 3. The Hall–Kier alpha value is -4.19. The van der Waals surface area contributed by atoms with E-state index in [4.69, 9.17) is 0 Å². The zero-order chi connectivity index (χ0) is 20.4. The Kier molecular flexibility index (Phi) is 3.30. The number of carboxylic acid groups (broad SMARTS) is 3. The van der Waals surface area contributed by atoms with Gasteiger partial charge in [0.25, 0.3) is 0 Å². The standard InChI is InChI=1S/C23H12O6/c24-21(25)11-6-10-2-1-3-13-17-8-12(22(26)27)9-18-15(23(28)29)5-4-14(20(17)18)16(7-11)19(10)13/h1-9H,(H,24,25)(H,26,27)(H,28,29). The first-order valence-corrected chi connectivity index (χ1v) is 8.75. The molecule has 6 heteroatoms. The smallest absolute Gasteiger partial charge is 0.336 e. The molecular formula is C23H12O6. The molecule has 5 aromatic rings. The Labute approximate surface area is 162 Å². The summed E-state index contributed by atoms with van der Waals surface area (Å²) < 4.78 is 0. The average Bonchev–Trinajstić information content (AvgIpc) is 2.70. The summed E-state index contributed by atoms with van der Waals surface area (Å²) in [4.78, 5) is 35.1. The van der Waals surface area contributed by atoms with Gasteiger partial charge in [-0.25, -0.2) is 14.4 Å². The minimum absolute atomic E-state index is 0.00175. The van der Waals surface area contributed by atoms with E-state index in [0.717, 1.165) is 16.2 Å². The summed E-state index contributed by atoms with van der Waals surface area (Å²) in [5.41, 5.74) is 0.124. The minimum atomic E-state index is -1.16. The molecule has 6 nitrogen and oxygen atoms in total. The van der Waals surface area contributed by atoms with Gasteiger partial charge in [-0.1, -0.05) is 24.3 Å². The molecule has 0 saturated carbocycles. The van der Waals surface area contributed by atoms with Gasteiger partial charge in [-0.15, -0.1) is 0 Å². The van der Waals surface area contributed by atoms with Crippen molar-refractivity contribution in [3.05, 3.63) is 71.3 Å². The summed E-state index contributed by atoms with van der Waals surface area (Å²) >= 11 is 0. The minimum Gasteiger partial charge on any atom is -0.478 e. The monoisotopic (exact) mass is 384 g/mol. The molecule has 3 N–H and O–H groups in total. The van der Waals surface area contributed by atoms with Crippen LogP contribution in [0.3, 0.4) is 0 Å². The van der Waals surface area contributed by atoms with Crippen LogP contribution in [0.2, 0.25) is 0 Å². The van der Waals surface area contributed by atoms with Gasteiger partial charge in [0, 0.05) is 0 Å². The molecule has 0 aliphatic carbocycles. The highest BCUT2D eigenvalue weighted by Gasteiger charge is 2.20. The largest absolute Gasteiger partial charge is 0.478 e. The number of carboxylic acids is 3. The highest BCUT2D eigenvalue weighted by atomic mass is 16.4. The first-order chi connectivity index (χ1) is 13.9. The summed E-state index contributed by atoms with van der Waals surface area (Å²) in [7, 11) is 0. The van der Waals surface area contributed by atoms with Crippen LogP contribution in [0.25, 0.3) is 43.1 Å². The van der Waals surface area contributed by atoms with E-state index in [0.29, 0.717) is 26.9 Å². The lowest BCUT2D eigenvalue weighted by Crippen LogP contribution is -2.02. The van der Waals surface area contributed by atoms with Crippen molar-refractivity contribution in [1.29, 1.82) is 0 Å². The molecule has 0 bridgehead atoms. The van der Waals surface area contributed by atoms with E-state index in [2.05, 4.69) is 0 Å². The van der Waals surface area contributed by atoms with Crippen LogP contribution in [0.15, 0.2) is 54.6 Å². The van der Waals surface area contributed by atoms with Gasteiger partial charge < -0.3 is 15.3 Å². The van der Waals surface area contributed by atoms with Crippen LogP contribution in [-0.4, -0.2) is 33.2 Å². The first-order valence-electron chi connectivity index (χ1n) is 8.75. The van der Waals surface area contributed by atoms with E-state index < -0.39 is 17.9 Å². The highest BCUT2D eigenvalue weighted by molar-refractivity contribution is 6.35. The van der Waals surface area contributed by atoms with Gasteiger partial charge in [-0.3, -0.25) is 0 Å². The first kappa shape index (κ1) is 16.9. The van der Waals surface area contributed by atoms with Gasteiger partial charge in [-0.2, -0.15) is 0 Å². The van der Waals surface area contributed by atoms with E-state index in [9.17, 15) is 29.7 Å². The fraction of sp³-hybridized carbons (Fsp3) is 0. The third kappa shape index (κ3) is 2.26. The molecule has 0 heterocycles. The molecule has 0 atom stereocenters. The Morgan fingerprint density at radius 2 is 1.14 bits per heavy atom. The molecule has 0 aromatic heterocycles. The molecular weight excluding hydrogens is 372 g/mol. The predicted octanol–water partition coefficient (Wildman–Crippen LogP) is 4.83. The molecule has 5 aromatic carbocycles. The molecule has 0 spiro atoms. The Morgan fingerprint density at radius 1 is 0.552 bits per heavy atom. The van der Waals surface area contributed by atoms with Gasteiger partial charge in [0.2, 0.25) is 0 Å². The zero-order valence-corrected chi connectivity index (χ0v) is 14.8. The third-order valence-electron chi connectivity index (χ3n) is 5.40. The Bertz CT molecular complexity index is 1530. The maximum absolute atomic E-state index is 11.8. The molecule has 140 valence electrons. The SMILES string of the molecule is O=C(O)c1cc2cccc3c4cc(C(=O)O)cc5c(C(=O)O)ccc(c(c1)c23)c54. The highest BCUT2D eigenvalue weighted by Crippen LogP contribution is 2.42. The van der Waals surface area contributed by atoms with Crippen molar-refractivity contribution in [2.75, 3.05) is 0 Å². The molecule has 29 heavy (non-hydrogen) atoms. The lowest BCUT2D eigenvalue weighted by molar-refractivity contribution is 0.0685. The summed E-state index contributed by atoms with van der Waals surface area (Å²) in [6, 6.07) is 14.6. The number of fused-ring (bicyclic) bond motifs is 2. The second-order valence-electron chi connectivity index (χ2n) is 6.95. The number of hydrogen-bond acceptors (Lipinski definition) is 3. The fourth-order valence-corrected chi connectivity index (χ4v) is 4.22. The van der Waals surface area contributed by atoms with Crippen LogP contribution in [0.5, 0.6) is 0 Å². The predicted molar refractivity (Wildman–Crippen MR) is 109 cm³/mol. The maximum atomic E-state index is 11.8. The van der Waals surface area contributed by atoms with Crippen molar-refractivity contribution < 1.29 is 29.7 Å². The maximum Gasteiger partial charge on any atom is 0.336 e. The molecule has 0 radical (unpaired) electrons. The van der Waals surface area contributed by atoms with Crippen molar-refractivity contribution in [3.8, 4) is 0 Å². The van der Waals surface area contributed by atoms with Gasteiger partial charge in [0.1, 0.15) is 0 Å². The van der Waals surface area contributed by atoms with Crippen LogP contribution in [-0.2, 0) is 0 Å². The van der Waals surface area contributed by atoms with Gasteiger partial charge in [0.05, 0.1) is 16.7 Å². The van der Waals surface area contributed by atoms with Crippen molar-refractivity contribution in [3.63, 3.8) is 0 Å². The molecule has 0 aliphatic rings. The van der Waals surface area contributed by atoms with Crippen LogP contribution in [0.4, 0.5) is 0 Å². The second kappa shape index (κ2) is 5.65. The quantitative estimate of drug-likeness (QED) is 0.303. The van der Waals surface area contributed by atoms with Crippen molar-refractivity contribution in [2.45, 2.75) is 0 Å². The molecule has 0 unspecified atom stereocenters. The van der Waals surface area contributed by atoms with E-state index in [1.54, 1.807) is 30.3 Å². The van der Waals surface area contributed by atoms with E-state index >= 15 is 0 Å². The Morgan fingerprint density at radius 3 is 1.79 bits per heavy atom. The normalized spacial score (nSPS) is 11.6. The summed E-state index contributed by atoms with van der Waals surface area (Å²) in [6.07, 6.45) is 0. The molecule has 0 amide bonds. The molecule has 0 saturated heterocycles. The Balaban J connectivity index is 2.15. The number of hydrogen-bond donors (Lipinski definition) is 3. The fourth-order valence-electron chi connectivity index (χ4n) is 4.22. The van der Waals surface area contributed by atoms with Crippen molar-refractivity contribution in [1.82, 2.24) is 0 Å². The van der Waals surface area contributed by atoms with Gasteiger partial charge in [-0.05, 0) is 73.4 Å². The van der Waals surface area contributed by atoms with Gasteiger partial charge >= 0.3 is 17.9 Å². The average molecular weight is 384 g/mol. The van der Waals surface area contributed by atoms with Crippen LogP contribution in [0, 0.1) is 0 Å². The summed E-state index contributed by atoms with van der Waals surface area (Å²) in [6.45, 7) is 0. The number of rotatable bonds is 3. The third-order valence-corrected chi connectivity index (χ3v) is 5.40. The van der Waals surface area contributed by atoms with Crippen LogP contribution >= 0.6 is 0 Å². The van der Waals surface area contributed by atoms with E-state index in [-0.39, 0.29) is 16.7 Å². The lowest BCUT2D eigenvalue weighted by Gasteiger charge is -2.16. The van der Waals surface area contributed by atoms with Crippen molar-refractivity contribution in [2.24, 2.45) is 0 Å². The van der Waals surface area contributed by atoms with E-state index in [1.807, 2.05) is 12.1 Å². The number of benzene rings is 5.